The van der Waals surface area contributed by atoms with Crippen molar-refractivity contribution in [2.75, 3.05) is 0 Å². The molecule has 9 heteroatoms. The van der Waals surface area contributed by atoms with Crippen LogP contribution < -0.4 is 5.32 Å². The van der Waals surface area contributed by atoms with Gasteiger partial charge < -0.3 is 9.84 Å². The zero-order valence-electron chi connectivity index (χ0n) is 13.0. The number of hydrogen-bond donors (Lipinski definition) is 1. The van der Waals surface area contributed by atoms with Gasteiger partial charge in [0.15, 0.2) is 0 Å². The number of hydrogen-bond acceptors (Lipinski definition) is 6. The lowest BCUT2D eigenvalue weighted by Gasteiger charge is -2.14. The normalized spacial score (nSPS) is 13.5. The number of aromatic nitrogens is 5. The highest BCUT2D eigenvalue weighted by atomic mass is 19.1. The minimum absolute atomic E-state index is 0.255. The lowest BCUT2D eigenvalue weighted by atomic mass is 10.2. The van der Waals surface area contributed by atoms with Crippen molar-refractivity contribution in [1.82, 2.24) is 30.2 Å². The quantitative estimate of drug-likeness (QED) is 0.767. The van der Waals surface area contributed by atoms with Crippen molar-refractivity contribution in [1.29, 1.82) is 0 Å². The van der Waals surface area contributed by atoms with E-state index in [0.29, 0.717) is 11.4 Å². The van der Waals surface area contributed by atoms with Gasteiger partial charge in [0.05, 0.1) is 0 Å². The monoisotopic (exact) mass is 330 g/mol. The van der Waals surface area contributed by atoms with Crippen LogP contribution in [0.2, 0.25) is 0 Å². The van der Waals surface area contributed by atoms with E-state index < -0.39 is 12.1 Å². The molecule has 0 bridgehead atoms. The first-order chi connectivity index (χ1) is 11.5. The lowest BCUT2D eigenvalue weighted by Crippen LogP contribution is -2.33. The van der Waals surface area contributed by atoms with E-state index in [2.05, 4.69) is 25.5 Å². The Morgan fingerprint density at radius 1 is 1.29 bits per heavy atom. The summed E-state index contributed by atoms with van der Waals surface area (Å²) >= 11 is 0. The summed E-state index contributed by atoms with van der Waals surface area (Å²) in [5.74, 6) is -0.0105. The second kappa shape index (κ2) is 6.57. The Kier molecular flexibility index (Phi) is 4.32. The lowest BCUT2D eigenvalue weighted by molar-refractivity contribution is -0.125. The third kappa shape index (κ3) is 3.29. The molecular weight excluding hydrogens is 315 g/mol. The molecule has 0 aliphatic rings. The van der Waals surface area contributed by atoms with Gasteiger partial charge >= 0.3 is 0 Å². The molecule has 0 saturated heterocycles. The number of carbonyl (C=O) groups excluding carboxylic acids is 1. The molecule has 1 amide bonds. The molecule has 3 rings (SSSR count). The van der Waals surface area contributed by atoms with Crippen molar-refractivity contribution in [2.24, 2.45) is 0 Å². The van der Waals surface area contributed by atoms with Crippen LogP contribution in [-0.4, -0.2) is 30.8 Å². The Morgan fingerprint density at radius 2 is 2.04 bits per heavy atom. The first kappa shape index (κ1) is 15.8. The summed E-state index contributed by atoms with van der Waals surface area (Å²) in [4.78, 5) is 20.3. The first-order valence-corrected chi connectivity index (χ1v) is 7.28. The van der Waals surface area contributed by atoms with Gasteiger partial charge in [0, 0.05) is 5.56 Å². The number of amides is 1. The van der Waals surface area contributed by atoms with E-state index in [4.69, 9.17) is 4.52 Å². The summed E-state index contributed by atoms with van der Waals surface area (Å²) in [6.45, 7) is 3.43. The van der Waals surface area contributed by atoms with Crippen LogP contribution in [0.25, 0.3) is 11.4 Å². The van der Waals surface area contributed by atoms with E-state index >= 15 is 0 Å². The van der Waals surface area contributed by atoms with Crippen molar-refractivity contribution in [2.45, 2.75) is 25.9 Å². The van der Waals surface area contributed by atoms with Crippen LogP contribution in [0.4, 0.5) is 4.39 Å². The summed E-state index contributed by atoms with van der Waals surface area (Å²) in [6, 6.07) is 4.74. The number of halogens is 1. The summed E-state index contributed by atoms with van der Waals surface area (Å²) in [7, 11) is 0. The molecular formula is C15H15FN6O2. The molecule has 24 heavy (non-hydrogen) atoms. The smallest absolute Gasteiger partial charge is 0.249 e. The predicted molar refractivity (Wildman–Crippen MR) is 81.0 cm³/mol. The number of nitrogens with zero attached hydrogens (tertiary/aromatic N) is 5. The maximum absolute atomic E-state index is 12.9. The molecule has 0 aliphatic carbocycles. The zero-order chi connectivity index (χ0) is 17.1. The summed E-state index contributed by atoms with van der Waals surface area (Å²) in [5.41, 5.74) is 0.626. The molecule has 0 saturated carbocycles. The topological polar surface area (TPSA) is 98.7 Å². The van der Waals surface area contributed by atoms with Crippen LogP contribution in [0, 0.1) is 5.82 Å². The SMILES string of the molecule is C[C@H](NC(=O)[C@@H](C)n1cncn1)c1nc(-c2ccc(F)cc2)no1. The third-order valence-corrected chi connectivity index (χ3v) is 3.49. The molecule has 1 N–H and O–H groups in total. The van der Waals surface area contributed by atoms with Gasteiger partial charge in [-0.1, -0.05) is 5.16 Å². The van der Waals surface area contributed by atoms with Gasteiger partial charge in [-0.15, -0.1) is 0 Å². The average molecular weight is 330 g/mol. The second-order valence-corrected chi connectivity index (χ2v) is 5.24. The minimum Gasteiger partial charge on any atom is -0.343 e. The van der Waals surface area contributed by atoms with E-state index in [1.165, 1.54) is 29.5 Å². The fourth-order valence-corrected chi connectivity index (χ4v) is 2.06. The van der Waals surface area contributed by atoms with Gasteiger partial charge in [0.2, 0.25) is 17.6 Å². The highest BCUT2D eigenvalue weighted by Crippen LogP contribution is 2.19. The largest absolute Gasteiger partial charge is 0.343 e. The van der Waals surface area contributed by atoms with E-state index in [-0.39, 0.29) is 17.6 Å². The molecule has 0 fully saturated rings. The highest BCUT2D eigenvalue weighted by molar-refractivity contribution is 5.80. The van der Waals surface area contributed by atoms with Gasteiger partial charge in [-0.05, 0) is 38.1 Å². The number of benzene rings is 1. The van der Waals surface area contributed by atoms with E-state index in [1.54, 1.807) is 26.0 Å². The Labute approximate surface area is 136 Å². The van der Waals surface area contributed by atoms with Crippen LogP contribution in [0.15, 0.2) is 41.4 Å². The third-order valence-electron chi connectivity index (χ3n) is 3.49. The summed E-state index contributed by atoms with van der Waals surface area (Å²) < 4.78 is 19.6. The molecule has 0 radical (unpaired) electrons. The van der Waals surface area contributed by atoms with Crippen molar-refractivity contribution in [3.05, 3.63) is 48.6 Å². The fourth-order valence-electron chi connectivity index (χ4n) is 2.06. The van der Waals surface area contributed by atoms with Gasteiger partial charge in [-0.25, -0.2) is 14.1 Å². The predicted octanol–water partition coefficient (Wildman–Crippen LogP) is 1.91. The maximum Gasteiger partial charge on any atom is 0.249 e. The van der Waals surface area contributed by atoms with Crippen molar-refractivity contribution >= 4 is 5.91 Å². The molecule has 0 spiro atoms. The standard InChI is InChI=1S/C15H15FN6O2/c1-9(19-14(23)10(2)22-8-17-7-18-22)15-20-13(21-24-15)11-3-5-12(16)6-4-11/h3-10H,1-2H3,(H,19,23)/t9-,10+/m0/s1. The molecule has 2 atom stereocenters. The second-order valence-electron chi connectivity index (χ2n) is 5.24. The Hall–Kier alpha value is -3.10. The molecule has 0 unspecified atom stereocenters. The van der Waals surface area contributed by atoms with Crippen LogP contribution in [0.3, 0.4) is 0 Å². The average Bonchev–Trinajstić information content (AvgIpc) is 3.26. The van der Waals surface area contributed by atoms with Crippen LogP contribution in [0.1, 0.15) is 31.8 Å². The molecule has 3 aromatic rings. The number of rotatable bonds is 5. The molecule has 0 aliphatic heterocycles. The first-order valence-electron chi connectivity index (χ1n) is 7.28. The van der Waals surface area contributed by atoms with Gasteiger partial charge in [0.25, 0.3) is 0 Å². The summed E-state index contributed by atoms with van der Waals surface area (Å²) in [5, 5.41) is 10.6. The van der Waals surface area contributed by atoms with Crippen molar-refractivity contribution in [3.63, 3.8) is 0 Å². The number of nitrogens with one attached hydrogen (secondary N) is 1. The van der Waals surface area contributed by atoms with Crippen molar-refractivity contribution in [3.8, 4) is 11.4 Å². The van der Waals surface area contributed by atoms with Crippen LogP contribution in [-0.2, 0) is 4.79 Å². The molecule has 8 nitrogen and oxygen atoms in total. The van der Waals surface area contributed by atoms with E-state index in [1.807, 2.05) is 0 Å². The van der Waals surface area contributed by atoms with E-state index in [0.717, 1.165) is 0 Å². The highest BCUT2D eigenvalue weighted by Gasteiger charge is 2.21. The number of carbonyl (C=O) groups is 1. The van der Waals surface area contributed by atoms with Crippen molar-refractivity contribution < 1.29 is 13.7 Å². The maximum atomic E-state index is 12.9. The van der Waals surface area contributed by atoms with Gasteiger partial charge in [0.1, 0.15) is 30.6 Å². The minimum atomic E-state index is -0.519. The summed E-state index contributed by atoms with van der Waals surface area (Å²) in [6.07, 6.45) is 2.83. The van der Waals surface area contributed by atoms with Crippen LogP contribution in [0.5, 0.6) is 0 Å². The zero-order valence-corrected chi connectivity index (χ0v) is 13.0. The Bertz CT molecular complexity index is 815. The van der Waals surface area contributed by atoms with Gasteiger partial charge in [-0.3, -0.25) is 4.79 Å². The van der Waals surface area contributed by atoms with Crippen LogP contribution >= 0.6 is 0 Å². The molecule has 1 aromatic carbocycles. The molecule has 2 aromatic heterocycles. The Balaban J connectivity index is 1.68. The molecule has 124 valence electrons. The fraction of sp³-hybridized carbons (Fsp3) is 0.267. The van der Waals surface area contributed by atoms with Gasteiger partial charge in [-0.2, -0.15) is 10.1 Å². The Morgan fingerprint density at radius 3 is 2.71 bits per heavy atom. The molecule has 2 heterocycles. The van der Waals surface area contributed by atoms with E-state index in [9.17, 15) is 9.18 Å².